The van der Waals surface area contributed by atoms with E-state index in [2.05, 4.69) is 85.3 Å². The third-order valence-electron chi connectivity index (χ3n) is 17.7. The van der Waals surface area contributed by atoms with E-state index in [9.17, 15) is 53.1 Å². The van der Waals surface area contributed by atoms with Crippen molar-refractivity contribution in [1.29, 1.82) is 0 Å². The van der Waals surface area contributed by atoms with Gasteiger partial charge >= 0.3 is 19.1 Å². The van der Waals surface area contributed by atoms with Crippen LogP contribution in [0.2, 0.25) is 25.1 Å². The summed E-state index contributed by atoms with van der Waals surface area (Å²) >= 11 is 46.4. The molecule has 35 heteroatoms. The summed E-state index contributed by atoms with van der Waals surface area (Å²) in [7, 11) is 7.33. The Labute approximate surface area is 817 Å². The van der Waals surface area contributed by atoms with Crippen molar-refractivity contribution in [2.75, 3.05) is 48.0 Å². The van der Waals surface area contributed by atoms with Crippen LogP contribution in [-0.4, -0.2) is 141 Å². The SMILES string of the molecule is CC(C)(C)OC(=O)CBr.CCC(=O)Cl.CCC(=O)c1ccc(Cl)cc1-c1cc(=O)[nH]cc1OC.CCC(=O)c1ccc(Cl)cc1-c1cc(=O)n(C(Cc2ccccc2)C(=O)Cc2ccc(C(=O)O)cc2)cc1OC.CCC(=O)c1ccc(Cl)cc1-c1cc(OC)ncc1OC.CCC(=O)c1ccc(Cl)cc1Br.COc1cc(B(O)O)c(OC)cn1.Clc1ccc(I)c(Br)c1. The number of carboxylic acid groups (broad SMARTS) is 1. The van der Waals surface area contributed by atoms with Gasteiger partial charge in [0.1, 0.15) is 33.9 Å². The number of alkyl halides is 1. The molecule has 0 spiro atoms. The van der Waals surface area contributed by atoms with E-state index in [-0.39, 0.29) is 86.9 Å². The van der Waals surface area contributed by atoms with Crippen molar-refractivity contribution in [1.82, 2.24) is 19.5 Å². The Morgan fingerprint density at radius 1 is 0.496 bits per heavy atom. The Morgan fingerprint density at radius 3 is 1.31 bits per heavy atom. The number of aromatic amines is 1. The Hall–Kier alpha value is -9.61. The molecule has 0 amide bonds. The molecule has 4 N–H and O–H groups in total. The second kappa shape index (κ2) is 56.9. The summed E-state index contributed by atoms with van der Waals surface area (Å²) in [5.41, 5.74) is 6.50. The molecule has 4 heterocycles. The molecule has 7 aromatic carbocycles. The smallest absolute Gasteiger partial charge is 0.492 e. The maximum absolute atomic E-state index is 13.7. The number of rotatable bonds is 27. The van der Waals surface area contributed by atoms with Gasteiger partial charge in [-0.3, -0.25) is 43.2 Å². The second-order valence-corrected chi connectivity index (χ2v) is 33.7. The topological polar surface area (TPSA) is 343 Å². The average molecular weight is 2190 g/mol. The van der Waals surface area contributed by atoms with E-state index in [0.29, 0.717) is 136 Å². The van der Waals surface area contributed by atoms with Gasteiger partial charge in [-0.2, -0.15) is 0 Å². The molecule has 11 aromatic rings. The Bertz CT molecular complexity index is 5790. The van der Waals surface area contributed by atoms with E-state index in [1.54, 1.807) is 125 Å². The number of carbonyl (C=O) groups excluding carboxylic acids is 7. The monoisotopic (exact) mass is 2180 g/mol. The van der Waals surface area contributed by atoms with Crippen molar-refractivity contribution in [3.8, 4) is 68.1 Å². The van der Waals surface area contributed by atoms with Crippen molar-refractivity contribution in [2.24, 2.45) is 0 Å². The van der Waals surface area contributed by atoms with Gasteiger partial charge in [0, 0.05) is 157 Å². The number of esters is 1. The number of aromatic carboxylic acids is 1. The minimum atomic E-state index is -1.59. The third kappa shape index (κ3) is 36.6. The fraction of sp³-hybridized carbons (Fsp3) is 0.255. The van der Waals surface area contributed by atoms with Crippen LogP contribution in [0.25, 0.3) is 33.4 Å². The molecule has 0 aliphatic rings. The van der Waals surface area contributed by atoms with Gasteiger partial charge in [-0.1, -0.05) is 151 Å². The standard InChI is InChI=1S/C32H28ClNO6.C16H16ClNO3.C15H14ClNO3.C9H8BrClO.C7H10BNO4.C6H3BrClI.C6H11BrO2.C3H5ClO/c1-3-28(35)24-14-13-23(33)17-25(24)26-18-31(37)34(19-30(26)40-2)27(15-20-7-5-4-6-8-20)29(36)16-21-9-11-22(12-10-21)32(38)39;1-4-14(19)11-6-5-10(17)7-12(11)13-8-16(21-3)18-9-15(13)20-2;1-3-13(18)10-5-4-9(16)6-11(10)12-7-15(19)17-8-14(12)20-2;1-2-9(12)7-4-3-6(11)5-8(7)10;1-12-6-4-9-7(13-2)3-5(6)8(10)11;7-5-3-4(8)1-2-6(5)9;1-6(2,3)9-5(8)4-7;1-2-3(4)5/h4-14,17-19,27H,3,15-16H2,1-2H3,(H,38,39);5-9H,4H2,1-3H3;4-8H,3H2,1-2H3,(H,17,19);3-5H,2H2,1H3;3-4,10-11H,1-2H3;1-3H;4H2,1-3H3;2H2,1H3. The van der Waals surface area contributed by atoms with Crippen molar-refractivity contribution in [3.63, 3.8) is 0 Å². The number of H-pyrrole nitrogens is 1. The number of benzene rings is 7. The van der Waals surface area contributed by atoms with E-state index in [0.717, 1.165) is 25.1 Å². The Kier molecular flexibility index (Phi) is 49.2. The first-order valence-electron chi connectivity index (χ1n) is 39.2. The number of aromatic nitrogens is 4. The highest BCUT2D eigenvalue weighted by molar-refractivity contribution is 14.1. The molecule has 0 aliphatic heterocycles. The number of nitrogens with one attached hydrogen (secondary N) is 1. The van der Waals surface area contributed by atoms with Crippen molar-refractivity contribution < 1.29 is 86.7 Å². The van der Waals surface area contributed by atoms with Crippen LogP contribution in [0, 0.1) is 3.57 Å². The molecule has 0 radical (unpaired) electrons. The summed E-state index contributed by atoms with van der Waals surface area (Å²) in [5.74, 6) is 0.961. The molecule has 1 atom stereocenters. The van der Waals surface area contributed by atoms with Crippen molar-refractivity contribution >= 4 is 199 Å². The van der Waals surface area contributed by atoms with Crippen LogP contribution in [0.5, 0.6) is 34.8 Å². The first-order valence-corrected chi connectivity index (χ1v) is 45.2. The third-order valence-corrected chi connectivity index (χ3v) is 22.6. The first kappa shape index (κ1) is 112. The zero-order valence-corrected chi connectivity index (χ0v) is 84.1. The van der Waals surface area contributed by atoms with Crippen LogP contribution >= 0.6 is 140 Å². The van der Waals surface area contributed by atoms with Gasteiger partial charge in [-0.15, -0.1) is 0 Å². The number of ether oxygens (including phenoxy) is 7. The van der Waals surface area contributed by atoms with Gasteiger partial charge in [0.25, 0.3) is 5.56 Å². The number of carboxylic acids is 1. The summed E-state index contributed by atoms with van der Waals surface area (Å²) in [5, 5.41) is 29.9. The maximum atomic E-state index is 13.7. The molecule has 1 unspecified atom stereocenters. The van der Waals surface area contributed by atoms with Gasteiger partial charge in [0.15, 0.2) is 28.9 Å². The molecule has 0 fully saturated rings. The first-order chi connectivity index (χ1) is 61.1. The Morgan fingerprint density at radius 2 is 0.915 bits per heavy atom. The highest BCUT2D eigenvalue weighted by Gasteiger charge is 2.27. The molecular formula is C94H95BBr3Cl6IN4O20. The molecule has 0 aliphatic carbocycles. The fourth-order valence-corrected chi connectivity index (χ4v) is 13.9. The molecule has 0 saturated heterocycles. The van der Waals surface area contributed by atoms with E-state index in [1.165, 1.54) is 92.6 Å². The summed E-state index contributed by atoms with van der Waals surface area (Å²) in [6, 6.07) is 46.4. The van der Waals surface area contributed by atoms with Crippen molar-refractivity contribution in [3.05, 3.63) is 292 Å². The van der Waals surface area contributed by atoms with Crippen LogP contribution in [0.15, 0.2) is 213 Å². The molecule has 24 nitrogen and oxygen atoms in total. The molecule has 4 aromatic heterocycles. The van der Waals surface area contributed by atoms with Crippen LogP contribution < -0.4 is 45.0 Å². The minimum Gasteiger partial charge on any atom is -0.495 e. The van der Waals surface area contributed by atoms with Gasteiger partial charge in [0.2, 0.25) is 22.6 Å². The average Bonchev–Trinajstić information content (AvgIpc) is 0.783. The number of hydrogen-bond acceptors (Lipinski definition) is 21. The number of ketones is 5. The van der Waals surface area contributed by atoms with E-state index in [4.69, 9.17) is 113 Å². The van der Waals surface area contributed by atoms with Crippen molar-refractivity contribution in [2.45, 2.75) is 112 Å². The number of nitrogens with zero attached hydrogens (tertiary/aromatic N) is 3. The van der Waals surface area contributed by atoms with Crippen LogP contribution in [-0.2, 0) is 32.0 Å². The molecule has 129 heavy (non-hydrogen) atoms. The zero-order valence-electron chi connectivity index (χ0n) is 72.7. The van der Waals surface area contributed by atoms with E-state index >= 15 is 0 Å². The maximum Gasteiger partial charge on any atom is 0.492 e. The van der Waals surface area contributed by atoms with Gasteiger partial charge < -0.3 is 57.9 Å². The molecular weight excluding hydrogens is 2100 g/mol. The van der Waals surface area contributed by atoms with Gasteiger partial charge in [-0.25, -0.2) is 14.8 Å². The lowest BCUT2D eigenvalue weighted by Crippen LogP contribution is -2.32. The largest absolute Gasteiger partial charge is 0.495 e. The van der Waals surface area contributed by atoms with Crippen LogP contribution in [0.4, 0.5) is 0 Å². The normalized spacial score (nSPS) is 10.5. The molecule has 684 valence electrons. The lowest BCUT2D eigenvalue weighted by Gasteiger charge is -2.22. The van der Waals surface area contributed by atoms with Gasteiger partial charge in [-0.05, 0) is 218 Å². The number of halogens is 10. The molecule has 0 saturated carbocycles. The molecule has 0 bridgehead atoms. The highest BCUT2D eigenvalue weighted by atomic mass is 127. The lowest BCUT2D eigenvalue weighted by atomic mass is 9.80. The predicted octanol–water partition coefficient (Wildman–Crippen LogP) is 22.4. The second-order valence-electron chi connectivity index (χ2n) is 27.7. The zero-order chi connectivity index (χ0) is 96.5. The highest BCUT2D eigenvalue weighted by Crippen LogP contribution is 2.39. The quantitative estimate of drug-likeness (QED) is 0.00706. The number of hydrogen-bond donors (Lipinski definition) is 4. The minimum absolute atomic E-state index is 0.00263. The number of Topliss-reactive ketones (excluding diaryl/α,β-unsaturated/α-hetero) is 5. The van der Waals surface area contributed by atoms with E-state index < -0.39 is 24.7 Å². The van der Waals surface area contributed by atoms with Crippen LogP contribution in [0.3, 0.4) is 0 Å². The Balaban J connectivity index is 0.000000335. The molecule has 11 rings (SSSR count). The summed E-state index contributed by atoms with van der Waals surface area (Å²) < 4.78 is 40.3. The fourth-order valence-electron chi connectivity index (χ4n) is 11.4. The van der Waals surface area contributed by atoms with Crippen LogP contribution in [0.1, 0.15) is 156 Å². The number of methoxy groups -OCH3 is 6. The van der Waals surface area contributed by atoms with Gasteiger partial charge in [0.05, 0.1) is 72.9 Å². The lowest BCUT2D eigenvalue weighted by molar-refractivity contribution is -0.151. The van der Waals surface area contributed by atoms with E-state index in [1.807, 2.05) is 83.1 Å². The summed E-state index contributed by atoms with van der Waals surface area (Å²) in [6.45, 7) is 14.4. The summed E-state index contributed by atoms with van der Waals surface area (Å²) in [4.78, 5) is 129. The number of carbonyl (C=O) groups is 8. The summed E-state index contributed by atoms with van der Waals surface area (Å²) in [6.07, 6.45) is 8.17. The number of pyridine rings is 4. The predicted molar refractivity (Wildman–Crippen MR) is 528 cm³/mol.